The summed E-state index contributed by atoms with van der Waals surface area (Å²) in [6.07, 6.45) is 0. The zero-order valence-electron chi connectivity index (χ0n) is 8.66. The van der Waals surface area contributed by atoms with Gasteiger partial charge in [0.05, 0.1) is 11.6 Å². The Morgan fingerprint density at radius 2 is 2.27 bits per heavy atom. The van der Waals surface area contributed by atoms with Gasteiger partial charge in [-0.1, -0.05) is 6.07 Å². The molecular formula is C11H15BrN2O. The van der Waals surface area contributed by atoms with Crippen LogP contribution in [-0.4, -0.2) is 20.2 Å². The third kappa shape index (κ3) is 2.17. The Kier molecular flexibility index (Phi) is 3.29. The molecule has 1 aromatic rings. The molecule has 0 aromatic heterocycles. The van der Waals surface area contributed by atoms with Crippen LogP contribution in [0.1, 0.15) is 11.6 Å². The van der Waals surface area contributed by atoms with Crippen molar-refractivity contribution in [3.8, 4) is 5.75 Å². The molecule has 82 valence electrons. The van der Waals surface area contributed by atoms with E-state index in [1.54, 1.807) is 7.11 Å². The summed E-state index contributed by atoms with van der Waals surface area (Å²) < 4.78 is 6.14. The Hall–Kier alpha value is -0.580. The predicted octanol–water partition coefficient (Wildman–Crippen LogP) is 1.68. The Balaban J connectivity index is 2.17. The van der Waals surface area contributed by atoms with Crippen LogP contribution in [-0.2, 0) is 0 Å². The van der Waals surface area contributed by atoms with Crippen LogP contribution in [0.15, 0.2) is 22.7 Å². The average Bonchev–Trinajstić information content (AvgIpc) is 2.15. The van der Waals surface area contributed by atoms with Crippen molar-refractivity contribution in [2.45, 2.75) is 6.04 Å². The highest BCUT2D eigenvalue weighted by molar-refractivity contribution is 9.10. The number of nitrogens with two attached hydrogens (primary N) is 1. The van der Waals surface area contributed by atoms with Crippen molar-refractivity contribution in [1.82, 2.24) is 5.32 Å². The van der Waals surface area contributed by atoms with Crippen molar-refractivity contribution in [2.75, 3.05) is 20.2 Å². The molecule has 15 heavy (non-hydrogen) atoms. The number of hydrogen-bond donors (Lipinski definition) is 2. The SMILES string of the molecule is COc1ccc(C(N)C2CNC2)cc1Br. The van der Waals surface area contributed by atoms with Gasteiger partial charge in [0, 0.05) is 25.0 Å². The van der Waals surface area contributed by atoms with Gasteiger partial charge >= 0.3 is 0 Å². The summed E-state index contributed by atoms with van der Waals surface area (Å²) in [4.78, 5) is 0. The Labute approximate surface area is 98.1 Å². The first-order chi connectivity index (χ1) is 7.22. The summed E-state index contributed by atoms with van der Waals surface area (Å²) in [6, 6.07) is 6.15. The molecule has 0 amide bonds. The molecule has 0 saturated carbocycles. The van der Waals surface area contributed by atoms with Crippen LogP contribution in [0, 0.1) is 5.92 Å². The van der Waals surface area contributed by atoms with E-state index in [1.165, 1.54) is 0 Å². The Morgan fingerprint density at radius 1 is 1.53 bits per heavy atom. The van der Waals surface area contributed by atoms with E-state index >= 15 is 0 Å². The molecule has 2 rings (SSSR count). The van der Waals surface area contributed by atoms with Crippen LogP contribution in [0.4, 0.5) is 0 Å². The molecule has 4 heteroatoms. The lowest BCUT2D eigenvalue weighted by Gasteiger charge is -2.32. The first kappa shape index (κ1) is 10.9. The van der Waals surface area contributed by atoms with Crippen LogP contribution in [0.2, 0.25) is 0 Å². The molecule has 1 aliphatic heterocycles. The molecule has 1 unspecified atom stereocenters. The standard InChI is InChI=1S/C11H15BrN2O/c1-15-10-3-2-7(4-9(10)12)11(13)8-5-14-6-8/h2-4,8,11,14H,5-6,13H2,1H3. The molecule has 1 aromatic carbocycles. The maximum atomic E-state index is 6.16. The number of halogens is 1. The smallest absolute Gasteiger partial charge is 0.133 e. The largest absolute Gasteiger partial charge is 0.496 e. The lowest BCUT2D eigenvalue weighted by Crippen LogP contribution is -2.47. The Morgan fingerprint density at radius 3 is 2.73 bits per heavy atom. The highest BCUT2D eigenvalue weighted by Crippen LogP contribution is 2.30. The monoisotopic (exact) mass is 270 g/mol. The van der Waals surface area contributed by atoms with E-state index in [0.29, 0.717) is 5.92 Å². The molecule has 3 N–H and O–H groups in total. The third-order valence-electron chi connectivity index (χ3n) is 2.88. The van der Waals surface area contributed by atoms with Gasteiger partial charge in [-0.15, -0.1) is 0 Å². The van der Waals surface area contributed by atoms with Crippen molar-refractivity contribution >= 4 is 15.9 Å². The maximum Gasteiger partial charge on any atom is 0.133 e. The molecule has 0 aliphatic carbocycles. The van der Waals surface area contributed by atoms with Crippen LogP contribution < -0.4 is 15.8 Å². The molecule has 1 fully saturated rings. The number of rotatable bonds is 3. The summed E-state index contributed by atoms with van der Waals surface area (Å²) in [5.41, 5.74) is 7.32. The normalized spacial score (nSPS) is 18.3. The van der Waals surface area contributed by atoms with E-state index < -0.39 is 0 Å². The number of benzene rings is 1. The summed E-state index contributed by atoms with van der Waals surface area (Å²) >= 11 is 3.47. The molecule has 1 saturated heterocycles. The summed E-state index contributed by atoms with van der Waals surface area (Å²) in [5.74, 6) is 1.41. The number of ether oxygens (including phenoxy) is 1. The van der Waals surface area contributed by atoms with Gasteiger partial charge in [0.1, 0.15) is 5.75 Å². The molecule has 1 aliphatic rings. The van der Waals surface area contributed by atoms with Crippen LogP contribution in [0.25, 0.3) is 0 Å². The second-order valence-corrected chi connectivity index (χ2v) is 4.69. The van der Waals surface area contributed by atoms with E-state index in [1.807, 2.05) is 18.2 Å². The minimum absolute atomic E-state index is 0.119. The first-order valence-electron chi connectivity index (χ1n) is 5.02. The van der Waals surface area contributed by atoms with Gasteiger partial charge < -0.3 is 15.8 Å². The minimum atomic E-state index is 0.119. The fraction of sp³-hybridized carbons (Fsp3) is 0.455. The highest BCUT2D eigenvalue weighted by Gasteiger charge is 2.25. The van der Waals surface area contributed by atoms with Gasteiger partial charge in [0.2, 0.25) is 0 Å². The maximum absolute atomic E-state index is 6.16. The summed E-state index contributed by atoms with van der Waals surface area (Å²) in [5, 5.41) is 3.23. The van der Waals surface area contributed by atoms with Gasteiger partial charge in [0.25, 0.3) is 0 Å². The zero-order valence-corrected chi connectivity index (χ0v) is 10.3. The van der Waals surface area contributed by atoms with E-state index in [4.69, 9.17) is 10.5 Å². The Bertz CT molecular complexity index is 352. The second-order valence-electron chi connectivity index (χ2n) is 3.84. The van der Waals surface area contributed by atoms with Crippen molar-refractivity contribution in [2.24, 2.45) is 11.7 Å². The highest BCUT2D eigenvalue weighted by atomic mass is 79.9. The molecule has 3 nitrogen and oxygen atoms in total. The molecular weight excluding hydrogens is 256 g/mol. The molecule has 1 heterocycles. The molecule has 0 bridgehead atoms. The number of hydrogen-bond acceptors (Lipinski definition) is 3. The van der Waals surface area contributed by atoms with Crippen molar-refractivity contribution < 1.29 is 4.74 Å². The molecule has 0 spiro atoms. The predicted molar refractivity (Wildman–Crippen MR) is 64.0 cm³/mol. The van der Waals surface area contributed by atoms with Crippen molar-refractivity contribution in [3.05, 3.63) is 28.2 Å². The van der Waals surface area contributed by atoms with Crippen molar-refractivity contribution in [1.29, 1.82) is 0 Å². The fourth-order valence-corrected chi connectivity index (χ4v) is 2.29. The fourth-order valence-electron chi connectivity index (χ4n) is 1.73. The number of methoxy groups -OCH3 is 1. The van der Waals surface area contributed by atoms with Crippen LogP contribution >= 0.6 is 15.9 Å². The van der Waals surface area contributed by atoms with E-state index in [2.05, 4.69) is 21.2 Å². The van der Waals surface area contributed by atoms with Gasteiger partial charge in [0.15, 0.2) is 0 Å². The van der Waals surface area contributed by atoms with Gasteiger partial charge in [-0.3, -0.25) is 0 Å². The van der Waals surface area contributed by atoms with E-state index in [-0.39, 0.29) is 6.04 Å². The average molecular weight is 271 g/mol. The topological polar surface area (TPSA) is 47.3 Å². The number of nitrogens with one attached hydrogen (secondary N) is 1. The van der Waals surface area contributed by atoms with Gasteiger partial charge in [-0.05, 0) is 33.6 Å². The lowest BCUT2D eigenvalue weighted by molar-refractivity contribution is 0.294. The van der Waals surface area contributed by atoms with Crippen LogP contribution in [0.5, 0.6) is 5.75 Å². The van der Waals surface area contributed by atoms with Crippen molar-refractivity contribution in [3.63, 3.8) is 0 Å². The van der Waals surface area contributed by atoms with E-state index in [9.17, 15) is 0 Å². The lowest BCUT2D eigenvalue weighted by atomic mass is 9.89. The third-order valence-corrected chi connectivity index (χ3v) is 3.50. The molecule has 1 atom stereocenters. The van der Waals surface area contributed by atoms with Gasteiger partial charge in [-0.25, -0.2) is 0 Å². The van der Waals surface area contributed by atoms with Gasteiger partial charge in [-0.2, -0.15) is 0 Å². The van der Waals surface area contributed by atoms with Crippen LogP contribution in [0.3, 0.4) is 0 Å². The first-order valence-corrected chi connectivity index (χ1v) is 5.81. The second kappa shape index (κ2) is 4.51. The zero-order chi connectivity index (χ0) is 10.8. The summed E-state index contributed by atoms with van der Waals surface area (Å²) in [7, 11) is 1.66. The summed E-state index contributed by atoms with van der Waals surface area (Å²) in [6.45, 7) is 2.04. The molecule has 0 radical (unpaired) electrons. The minimum Gasteiger partial charge on any atom is -0.496 e. The quantitative estimate of drug-likeness (QED) is 0.879. The van der Waals surface area contributed by atoms with E-state index in [0.717, 1.165) is 28.9 Å².